The SMILES string of the molecule is C#CCONCC1CCOC1. The van der Waals surface area contributed by atoms with Crippen molar-refractivity contribution in [3.05, 3.63) is 0 Å². The van der Waals surface area contributed by atoms with E-state index in [4.69, 9.17) is 16.0 Å². The van der Waals surface area contributed by atoms with Gasteiger partial charge in [-0.25, -0.2) is 5.48 Å². The summed E-state index contributed by atoms with van der Waals surface area (Å²) >= 11 is 0. The maximum atomic E-state index is 5.18. The normalized spacial score (nSPS) is 23.4. The van der Waals surface area contributed by atoms with Gasteiger partial charge in [0.15, 0.2) is 0 Å². The molecule has 3 heteroatoms. The van der Waals surface area contributed by atoms with Crippen LogP contribution in [0.1, 0.15) is 6.42 Å². The summed E-state index contributed by atoms with van der Waals surface area (Å²) in [5.74, 6) is 2.97. The number of nitrogens with one attached hydrogen (secondary N) is 1. The predicted octanol–water partition coefficient (Wildman–Crippen LogP) is 0.177. The zero-order chi connectivity index (χ0) is 7.94. The van der Waals surface area contributed by atoms with E-state index in [1.165, 1.54) is 0 Å². The number of hydrogen-bond acceptors (Lipinski definition) is 3. The maximum Gasteiger partial charge on any atom is 0.128 e. The Hall–Kier alpha value is -0.560. The molecule has 1 aliphatic heterocycles. The summed E-state index contributed by atoms with van der Waals surface area (Å²) in [7, 11) is 0. The Morgan fingerprint density at radius 1 is 1.73 bits per heavy atom. The van der Waals surface area contributed by atoms with E-state index in [2.05, 4.69) is 11.4 Å². The van der Waals surface area contributed by atoms with Crippen molar-refractivity contribution in [1.82, 2.24) is 5.48 Å². The molecule has 0 radical (unpaired) electrons. The van der Waals surface area contributed by atoms with Gasteiger partial charge in [0.1, 0.15) is 6.61 Å². The largest absolute Gasteiger partial charge is 0.381 e. The van der Waals surface area contributed by atoms with Crippen molar-refractivity contribution in [1.29, 1.82) is 0 Å². The molecule has 1 N–H and O–H groups in total. The lowest BCUT2D eigenvalue weighted by Gasteiger charge is -2.07. The van der Waals surface area contributed by atoms with E-state index < -0.39 is 0 Å². The van der Waals surface area contributed by atoms with E-state index in [0.29, 0.717) is 12.5 Å². The molecule has 0 aromatic rings. The molecule has 62 valence electrons. The lowest BCUT2D eigenvalue weighted by atomic mass is 10.1. The molecule has 11 heavy (non-hydrogen) atoms. The Bertz CT molecular complexity index is 136. The van der Waals surface area contributed by atoms with Crippen LogP contribution in [0.3, 0.4) is 0 Å². The van der Waals surface area contributed by atoms with Gasteiger partial charge < -0.3 is 4.74 Å². The summed E-state index contributed by atoms with van der Waals surface area (Å²) in [6.45, 7) is 2.88. The van der Waals surface area contributed by atoms with E-state index in [-0.39, 0.29) is 0 Å². The summed E-state index contributed by atoms with van der Waals surface area (Å²) in [4.78, 5) is 4.90. The summed E-state index contributed by atoms with van der Waals surface area (Å²) in [5.41, 5.74) is 2.81. The predicted molar refractivity (Wildman–Crippen MR) is 41.7 cm³/mol. The third-order valence-electron chi connectivity index (χ3n) is 1.65. The van der Waals surface area contributed by atoms with Crippen LogP contribution in [-0.2, 0) is 9.57 Å². The standard InChI is InChI=1S/C8H13NO2/c1-2-4-11-9-6-8-3-5-10-7-8/h1,8-9H,3-7H2. The van der Waals surface area contributed by atoms with Gasteiger partial charge in [0.2, 0.25) is 0 Å². The number of hydroxylamine groups is 1. The van der Waals surface area contributed by atoms with Gasteiger partial charge >= 0.3 is 0 Å². The third kappa shape index (κ3) is 3.38. The number of terminal acetylenes is 1. The highest BCUT2D eigenvalue weighted by molar-refractivity contribution is 4.82. The van der Waals surface area contributed by atoms with Gasteiger partial charge in [-0.2, -0.15) is 0 Å². The molecular formula is C8H13NO2. The summed E-state index contributed by atoms with van der Waals surface area (Å²) in [5, 5.41) is 0. The summed E-state index contributed by atoms with van der Waals surface area (Å²) in [6, 6.07) is 0. The fraction of sp³-hybridized carbons (Fsp3) is 0.750. The Morgan fingerprint density at radius 3 is 3.27 bits per heavy atom. The Kier molecular flexibility index (Phi) is 3.99. The smallest absolute Gasteiger partial charge is 0.128 e. The van der Waals surface area contributed by atoms with Gasteiger partial charge in [-0.05, 0) is 12.3 Å². The van der Waals surface area contributed by atoms with E-state index in [9.17, 15) is 0 Å². The number of hydrogen-bond donors (Lipinski definition) is 1. The number of ether oxygens (including phenoxy) is 1. The molecule has 1 aliphatic rings. The first-order valence-corrected chi connectivity index (χ1v) is 3.79. The highest BCUT2D eigenvalue weighted by atomic mass is 16.6. The van der Waals surface area contributed by atoms with Crippen LogP contribution < -0.4 is 5.48 Å². The summed E-state index contributed by atoms with van der Waals surface area (Å²) in [6.07, 6.45) is 6.10. The van der Waals surface area contributed by atoms with Gasteiger partial charge in [-0.3, -0.25) is 4.84 Å². The zero-order valence-electron chi connectivity index (χ0n) is 6.51. The van der Waals surface area contributed by atoms with Crippen LogP contribution in [-0.4, -0.2) is 26.4 Å². The molecule has 0 bridgehead atoms. The highest BCUT2D eigenvalue weighted by Crippen LogP contribution is 2.10. The Balaban J connectivity index is 1.90. The molecule has 0 aliphatic carbocycles. The van der Waals surface area contributed by atoms with Crippen LogP contribution in [0.5, 0.6) is 0 Å². The molecule has 1 fully saturated rings. The topological polar surface area (TPSA) is 30.5 Å². The maximum absolute atomic E-state index is 5.18. The minimum Gasteiger partial charge on any atom is -0.381 e. The Labute approximate surface area is 67.0 Å². The van der Waals surface area contributed by atoms with Gasteiger partial charge in [-0.1, -0.05) is 5.92 Å². The minimum absolute atomic E-state index is 0.327. The quantitative estimate of drug-likeness (QED) is 0.357. The van der Waals surface area contributed by atoms with Crippen LogP contribution >= 0.6 is 0 Å². The van der Waals surface area contributed by atoms with Crippen LogP contribution in [0.15, 0.2) is 0 Å². The van der Waals surface area contributed by atoms with E-state index in [1.54, 1.807) is 0 Å². The Morgan fingerprint density at radius 2 is 2.64 bits per heavy atom. The highest BCUT2D eigenvalue weighted by Gasteiger charge is 2.14. The molecule has 0 amide bonds. The molecule has 1 atom stereocenters. The van der Waals surface area contributed by atoms with Gasteiger partial charge in [0, 0.05) is 13.2 Å². The van der Waals surface area contributed by atoms with Crippen LogP contribution in [0.25, 0.3) is 0 Å². The van der Waals surface area contributed by atoms with Gasteiger partial charge in [0.25, 0.3) is 0 Å². The first kappa shape index (κ1) is 8.54. The first-order valence-electron chi connectivity index (χ1n) is 3.79. The molecule has 0 saturated carbocycles. The third-order valence-corrected chi connectivity index (χ3v) is 1.65. The second-order valence-corrected chi connectivity index (χ2v) is 2.57. The minimum atomic E-state index is 0.327. The van der Waals surface area contributed by atoms with Crippen molar-refractivity contribution in [3.8, 4) is 12.3 Å². The molecule has 0 aromatic carbocycles. The lowest BCUT2D eigenvalue weighted by molar-refractivity contribution is 0.0539. The van der Waals surface area contributed by atoms with E-state index >= 15 is 0 Å². The van der Waals surface area contributed by atoms with Crippen molar-refractivity contribution in [3.63, 3.8) is 0 Å². The van der Waals surface area contributed by atoms with Crippen molar-refractivity contribution in [2.24, 2.45) is 5.92 Å². The van der Waals surface area contributed by atoms with Crippen molar-refractivity contribution >= 4 is 0 Å². The zero-order valence-corrected chi connectivity index (χ0v) is 6.51. The number of rotatable bonds is 4. The molecule has 3 nitrogen and oxygen atoms in total. The van der Waals surface area contributed by atoms with E-state index in [0.717, 1.165) is 26.2 Å². The fourth-order valence-electron chi connectivity index (χ4n) is 1.01. The second kappa shape index (κ2) is 5.14. The van der Waals surface area contributed by atoms with Gasteiger partial charge in [0.05, 0.1) is 6.61 Å². The second-order valence-electron chi connectivity index (χ2n) is 2.57. The van der Waals surface area contributed by atoms with Crippen molar-refractivity contribution in [2.75, 3.05) is 26.4 Å². The van der Waals surface area contributed by atoms with Gasteiger partial charge in [-0.15, -0.1) is 6.42 Å². The van der Waals surface area contributed by atoms with E-state index in [1.807, 2.05) is 0 Å². The molecule has 1 saturated heterocycles. The molecule has 1 heterocycles. The molecule has 0 aromatic heterocycles. The molecular weight excluding hydrogens is 142 g/mol. The van der Waals surface area contributed by atoms with Crippen LogP contribution in [0.4, 0.5) is 0 Å². The fourth-order valence-corrected chi connectivity index (χ4v) is 1.01. The average molecular weight is 155 g/mol. The monoisotopic (exact) mass is 155 g/mol. The summed E-state index contributed by atoms with van der Waals surface area (Å²) < 4.78 is 5.18. The van der Waals surface area contributed by atoms with Crippen molar-refractivity contribution < 1.29 is 9.57 Å². The van der Waals surface area contributed by atoms with Crippen LogP contribution in [0.2, 0.25) is 0 Å². The molecule has 1 unspecified atom stereocenters. The van der Waals surface area contributed by atoms with Crippen molar-refractivity contribution in [2.45, 2.75) is 6.42 Å². The van der Waals surface area contributed by atoms with Crippen LogP contribution in [0, 0.1) is 18.3 Å². The lowest BCUT2D eigenvalue weighted by Crippen LogP contribution is -2.23. The average Bonchev–Trinajstić information content (AvgIpc) is 2.50. The molecule has 0 spiro atoms. The molecule has 1 rings (SSSR count). The first-order chi connectivity index (χ1) is 5.43.